The Kier molecular flexibility index (Phi) is 5.51. The third-order valence-corrected chi connectivity index (χ3v) is 5.25. The minimum atomic E-state index is 0.893. The summed E-state index contributed by atoms with van der Waals surface area (Å²) in [6.45, 7) is 0. The molecule has 0 aliphatic carbocycles. The fraction of sp³-hybridized carbons (Fsp3) is 0.222. The number of halogens is 1. The van der Waals surface area contributed by atoms with Gasteiger partial charge in [-0.2, -0.15) is 0 Å². The molecule has 1 aromatic heterocycles. The Balaban J connectivity index is 1.60. The number of thioether (sulfide) groups is 1. The van der Waals surface area contributed by atoms with E-state index < -0.39 is 0 Å². The van der Waals surface area contributed by atoms with Crippen LogP contribution < -0.4 is 0 Å². The van der Waals surface area contributed by atoms with Crippen LogP contribution in [0.5, 0.6) is 0 Å². The fourth-order valence-corrected chi connectivity index (χ4v) is 3.68. The Bertz CT molecular complexity index is 771. The number of hydrogen-bond donors (Lipinski definition) is 0. The summed E-state index contributed by atoms with van der Waals surface area (Å²) in [6.07, 6.45) is 1.90. The molecule has 5 heteroatoms. The van der Waals surface area contributed by atoms with Gasteiger partial charge in [0.05, 0.1) is 0 Å². The second kappa shape index (κ2) is 7.79. The SMILES string of the molecule is Cn1c(CCc2ccccc2)nnc1SCc1cccc(Br)c1. The lowest BCUT2D eigenvalue weighted by Crippen LogP contribution is -2.01. The van der Waals surface area contributed by atoms with Crippen LogP contribution in [-0.4, -0.2) is 14.8 Å². The average Bonchev–Trinajstić information content (AvgIpc) is 2.92. The molecule has 1 heterocycles. The van der Waals surface area contributed by atoms with Crippen LogP contribution in [0.2, 0.25) is 0 Å². The molecule has 0 atom stereocenters. The van der Waals surface area contributed by atoms with Gasteiger partial charge in [0.15, 0.2) is 5.16 Å². The van der Waals surface area contributed by atoms with Crippen LogP contribution in [0, 0.1) is 0 Å². The molecule has 118 valence electrons. The minimum Gasteiger partial charge on any atom is -0.309 e. The van der Waals surface area contributed by atoms with Gasteiger partial charge in [0.2, 0.25) is 0 Å². The summed E-state index contributed by atoms with van der Waals surface area (Å²) in [4.78, 5) is 0. The summed E-state index contributed by atoms with van der Waals surface area (Å²) in [5.41, 5.74) is 2.61. The molecule has 0 aliphatic rings. The van der Waals surface area contributed by atoms with Gasteiger partial charge in [-0.15, -0.1) is 10.2 Å². The number of aromatic nitrogens is 3. The van der Waals surface area contributed by atoms with Crippen LogP contribution in [0.1, 0.15) is 17.0 Å². The molecule has 0 spiro atoms. The molecular weight excluding hydrogens is 370 g/mol. The van der Waals surface area contributed by atoms with Crippen molar-refractivity contribution in [2.75, 3.05) is 0 Å². The predicted octanol–water partition coefficient (Wildman–Crippen LogP) is 4.66. The maximum Gasteiger partial charge on any atom is 0.191 e. The zero-order valence-corrected chi connectivity index (χ0v) is 15.3. The molecule has 0 saturated carbocycles. The van der Waals surface area contributed by atoms with Crippen molar-refractivity contribution in [3.63, 3.8) is 0 Å². The van der Waals surface area contributed by atoms with E-state index in [9.17, 15) is 0 Å². The van der Waals surface area contributed by atoms with Crippen molar-refractivity contribution in [1.29, 1.82) is 0 Å². The highest BCUT2D eigenvalue weighted by Crippen LogP contribution is 2.23. The van der Waals surface area contributed by atoms with Crippen molar-refractivity contribution >= 4 is 27.7 Å². The molecule has 0 aliphatic heterocycles. The molecule has 0 amide bonds. The van der Waals surface area contributed by atoms with E-state index >= 15 is 0 Å². The van der Waals surface area contributed by atoms with Crippen molar-refractivity contribution in [2.24, 2.45) is 7.05 Å². The zero-order chi connectivity index (χ0) is 16.1. The highest BCUT2D eigenvalue weighted by molar-refractivity contribution is 9.10. The Labute approximate surface area is 149 Å². The number of aryl methyl sites for hydroxylation is 2. The summed E-state index contributed by atoms with van der Waals surface area (Å²) in [5.74, 6) is 1.93. The third kappa shape index (κ3) is 4.45. The number of hydrogen-bond acceptors (Lipinski definition) is 3. The quantitative estimate of drug-likeness (QED) is 0.576. The van der Waals surface area contributed by atoms with Gasteiger partial charge >= 0.3 is 0 Å². The second-order valence-electron chi connectivity index (χ2n) is 5.36. The van der Waals surface area contributed by atoms with E-state index in [4.69, 9.17) is 0 Å². The first-order valence-corrected chi connectivity index (χ1v) is 9.29. The summed E-state index contributed by atoms with van der Waals surface area (Å²) < 4.78 is 3.21. The third-order valence-electron chi connectivity index (χ3n) is 3.66. The van der Waals surface area contributed by atoms with Crippen molar-refractivity contribution in [3.05, 3.63) is 76.0 Å². The Morgan fingerprint density at radius 2 is 1.74 bits per heavy atom. The maximum atomic E-state index is 4.34. The second-order valence-corrected chi connectivity index (χ2v) is 7.22. The van der Waals surface area contributed by atoms with Gasteiger partial charge in [-0.1, -0.05) is 70.2 Å². The average molecular weight is 388 g/mol. The van der Waals surface area contributed by atoms with Gasteiger partial charge in [0, 0.05) is 23.7 Å². The smallest absolute Gasteiger partial charge is 0.191 e. The highest BCUT2D eigenvalue weighted by atomic mass is 79.9. The molecule has 0 unspecified atom stereocenters. The van der Waals surface area contributed by atoms with Crippen LogP contribution in [0.4, 0.5) is 0 Å². The molecule has 0 saturated heterocycles. The first-order chi connectivity index (χ1) is 11.2. The number of nitrogens with zero attached hydrogens (tertiary/aromatic N) is 3. The van der Waals surface area contributed by atoms with E-state index in [1.165, 1.54) is 11.1 Å². The Morgan fingerprint density at radius 3 is 2.52 bits per heavy atom. The van der Waals surface area contributed by atoms with E-state index in [-0.39, 0.29) is 0 Å². The van der Waals surface area contributed by atoms with E-state index in [0.717, 1.165) is 34.0 Å². The first-order valence-electron chi connectivity index (χ1n) is 7.52. The molecule has 23 heavy (non-hydrogen) atoms. The van der Waals surface area contributed by atoms with Crippen LogP contribution in [0.15, 0.2) is 64.2 Å². The topological polar surface area (TPSA) is 30.7 Å². The van der Waals surface area contributed by atoms with E-state index in [2.05, 4.69) is 73.2 Å². The molecule has 0 fully saturated rings. The van der Waals surface area contributed by atoms with Gasteiger partial charge in [0.25, 0.3) is 0 Å². The number of benzene rings is 2. The van der Waals surface area contributed by atoms with Gasteiger partial charge in [0.1, 0.15) is 5.82 Å². The van der Waals surface area contributed by atoms with E-state index in [1.54, 1.807) is 11.8 Å². The fourth-order valence-electron chi connectivity index (χ4n) is 2.36. The molecule has 2 aromatic carbocycles. The predicted molar refractivity (Wildman–Crippen MR) is 98.6 cm³/mol. The van der Waals surface area contributed by atoms with Crippen molar-refractivity contribution in [1.82, 2.24) is 14.8 Å². The molecule has 3 aromatic rings. The molecule has 0 bridgehead atoms. The molecule has 3 rings (SSSR count). The van der Waals surface area contributed by atoms with E-state index in [1.807, 2.05) is 19.2 Å². The largest absolute Gasteiger partial charge is 0.309 e. The Morgan fingerprint density at radius 1 is 0.957 bits per heavy atom. The minimum absolute atomic E-state index is 0.893. The Hall–Kier alpha value is -1.59. The van der Waals surface area contributed by atoms with E-state index in [0.29, 0.717) is 0 Å². The molecule has 3 nitrogen and oxygen atoms in total. The van der Waals surface area contributed by atoms with Crippen molar-refractivity contribution < 1.29 is 0 Å². The highest BCUT2D eigenvalue weighted by Gasteiger charge is 2.09. The van der Waals surface area contributed by atoms with Gasteiger partial charge < -0.3 is 4.57 Å². The van der Waals surface area contributed by atoms with Crippen LogP contribution in [0.25, 0.3) is 0 Å². The summed E-state index contributed by atoms with van der Waals surface area (Å²) in [6, 6.07) is 18.9. The van der Waals surface area contributed by atoms with Gasteiger partial charge in [-0.25, -0.2) is 0 Å². The molecule has 0 N–H and O–H groups in total. The van der Waals surface area contributed by atoms with Crippen LogP contribution >= 0.6 is 27.7 Å². The maximum absolute atomic E-state index is 4.34. The zero-order valence-electron chi connectivity index (χ0n) is 12.9. The summed E-state index contributed by atoms with van der Waals surface area (Å²) in [7, 11) is 2.05. The monoisotopic (exact) mass is 387 g/mol. The number of rotatable bonds is 6. The van der Waals surface area contributed by atoms with Crippen LogP contribution in [-0.2, 0) is 25.6 Å². The lowest BCUT2D eigenvalue weighted by molar-refractivity contribution is 0.723. The van der Waals surface area contributed by atoms with Crippen molar-refractivity contribution in [3.8, 4) is 0 Å². The summed E-state index contributed by atoms with van der Waals surface area (Å²) >= 11 is 5.23. The summed E-state index contributed by atoms with van der Waals surface area (Å²) in [5, 5.41) is 9.64. The van der Waals surface area contributed by atoms with Crippen LogP contribution in [0.3, 0.4) is 0 Å². The van der Waals surface area contributed by atoms with Crippen molar-refractivity contribution in [2.45, 2.75) is 23.8 Å². The standard InChI is InChI=1S/C18H18BrN3S/c1-22-17(11-10-14-6-3-2-4-7-14)20-21-18(22)23-13-15-8-5-9-16(19)12-15/h2-9,12H,10-11,13H2,1H3. The lowest BCUT2D eigenvalue weighted by Gasteiger charge is -2.05. The molecular formula is C18H18BrN3S. The molecule has 0 radical (unpaired) electrons. The lowest BCUT2D eigenvalue weighted by atomic mass is 10.1. The van der Waals surface area contributed by atoms with Gasteiger partial charge in [-0.3, -0.25) is 0 Å². The van der Waals surface area contributed by atoms with Gasteiger partial charge in [-0.05, 0) is 29.7 Å². The normalized spacial score (nSPS) is 10.9. The first kappa shape index (κ1) is 16.3.